The highest BCUT2D eigenvalue weighted by molar-refractivity contribution is 7.85. The summed E-state index contributed by atoms with van der Waals surface area (Å²) < 4.78 is 35.5. The van der Waals surface area contributed by atoms with E-state index in [4.69, 9.17) is 9.47 Å². The van der Waals surface area contributed by atoms with Gasteiger partial charge >= 0.3 is 5.97 Å². The van der Waals surface area contributed by atoms with Gasteiger partial charge in [0.05, 0.1) is 19.5 Å². The van der Waals surface area contributed by atoms with E-state index in [0.717, 1.165) is 6.26 Å². The SMILES string of the molecule is CCOC(=O)[C@H](C)OCCCOS(C)(=O)=O. The minimum atomic E-state index is -3.40. The molecule has 16 heavy (non-hydrogen) atoms. The van der Waals surface area contributed by atoms with Gasteiger partial charge in [-0.1, -0.05) is 0 Å². The maximum Gasteiger partial charge on any atom is 0.334 e. The fraction of sp³-hybridized carbons (Fsp3) is 0.889. The molecule has 96 valence electrons. The maximum absolute atomic E-state index is 11.1. The van der Waals surface area contributed by atoms with E-state index >= 15 is 0 Å². The Balaban J connectivity index is 3.55. The largest absolute Gasteiger partial charge is 0.464 e. The van der Waals surface area contributed by atoms with Gasteiger partial charge in [0, 0.05) is 6.61 Å². The van der Waals surface area contributed by atoms with Crippen molar-refractivity contribution in [1.29, 1.82) is 0 Å². The fourth-order valence-corrected chi connectivity index (χ4v) is 1.28. The third kappa shape index (κ3) is 8.63. The minimum Gasteiger partial charge on any atom is -0.464 e. The number of carbonyl (C=O) groups excluding carboxylic acids is 1. The highest BCUT2D eigenvalue weighted by atomic mass is 32.2. The van der Waals surface area contributed by atoms with Gasteiger partial charge in [0.25, 0.3) is 10.1 Å². The molecule has 0 aliphatic rings. The first-order valence-corrected chi connectivity index (χ1v) is 6.81. The molecule has 0 heterocycles. The summed E-state index contributed by atoms with van der Waals surface area (Å²) in [6.07, 6.45) is 0.740. The first kappa shape index (κ1) is 15.3. The molecule has 0 spiro atoms. The molecule has 0 aromatic heterocycles. The molecule has 1 atom stereocenters. The smallest absolute Gasteiger partial charge is 0.334 e. The Kier molecular flexibility index (Phi) is 7.27. The van der Waals surface area contributed by atoms with Gasteiger partial charge in [-0.25, -0.2) is 4.79 Å². The third-order valence-electron chi connectivity index (χ3n) is 1.57. The Morgan fingerprint density at radius 2 is 1.94 bits per heavy atom. The molecule has 7 heteroatoms. The van der Waals surface area contributed by atoms with E-state index in [0.29, 0.717) is 13.0 Å². The molecule has 0 amide bonds. The molecular weight excluding hydrogens is 236 g/mol. The molecule has 0 bridgehead atoms. The Hall–Kier alpha value is -0.660. The number of ether oxygens (including phenoxy) is 2. The molecule has 0 rings (SSSR count). The van der Waals surface area contributed by atoms with Gasteiger partial charge < -0.3 is 9.47 Å². The second-order valence-electron chi connectivity index (χ2n) is 3.14. The van der Waals surface area contributed by atoms with Crippen molar-refractivity contribution in [3.63, 3.8) is 0 Å². The van der Waals surface area contributed by atoms with Gasteiger partial charge in [-0.05, 0) is 20.3 Å². The van der Waals surface area contributed by atoms with Crippen LogP contribution < -0.4 is 0 Å². The molecule has 0 saturated carbocycles. The van der Waals surface area contributed by atoms with Crippen LogP contribution in [0.2, 0.25) is 0 Å². The molecule has 6 nitrogen and oxygen atoms in total. The van der Waals surface area contributed by atoms with Crippen LogP contribution in [-0.2, 0) is 28.6 Å². The van der Waals surface area contributed by atoms with E-state index in [-0.39, 0.29) is 13.2 Å². The van der Waals surface area contributed by atoms with Crippen molar-refractivity contribution in [2.24, 2.45) is 0 Å². The van der Waals surface area contributed by atoms with Crippen LogP contribution in [0.5, 0.6) is 0 Å². The number of esters is 1. The average Bonchev–Trinajstić information content (AvgIpc) is 2.15. The van der Waals surface area contributed by atoms with Gasteiger partial charge in [-0.3, -0.25) is 4.18 Å². The second kappa shape index (κ2) is 7.59. The summed E-state index contributed by atoms with van der Waals surface area (Å²) in [5.74, 6) is -0.425. The van der Waals surface area contributed by atoms with Crippen LogP contribution in [0.3, 0.4) is 0 Å². The lowest BCUT2D eigenvalue weighted by molar-refractivity contribution is -0.155. The quantitative estimate of drug-likeness (QED) is 0.352. The molecule has 0 aromatic carbocycles. The highest BCUT2D eigenvalue weighted by Gasteiger charge is 2.13. The molecule has 0 aromatic rings. The predicted octanol–water partition coefficient (Wildman–Crippen LogP) is 0.321. The summed E-state index contributed by atoms with van der Waals surface area (Å²) in [4.78, 5) is 11.1. The van der Waals surface area contributed by atoms with E-state index in [9.17, 15) is 13.2 Å². The first-order chi connectivity index (χ1) is 7.37. The van der Waals surface area contributed by atoms with Crippen LogP contribution in [-0.4, -0.2) is 46.6 Å². The van der Waals surface area contributed by atoms with Crippen molar-refractivity contribution in [2.45, 2.75) is 26.4 Å². The summed E-state index contributed by atoms with van der Waals surface area (Å²) in [6, 6.07) is 0. The Labute approximate surface area is 96.0 Å². The molecule has 0 aliphatic heterocycles. The lowest BCUT2D eigenvalue weighted by atomic mass is 10.4. The zero-order valence-corrected chi connectivity index (χ0v) is 10.6. The van der Waals surface area contributed by atoms with E-state index in [2.05, 4.69) is 4.18 Å². The zero-order valence-electron chi connectivity index (χ0n) is 9.76. The van der Waals surface area contributed by atoms with Gasteiger partial charge in [0.2, 0.25) is 0 Å². The van der Waals surface area contributed by atoms with E-state index in [1.54, 1.807) is 13.8 Å². The lowest BCUT2D eigenvalue weighted by Crippen LogP contribution is -2.24. The normalized spacial score (nSPS) is 13.4. The van der Waals surface area contributed by atoms with Gasteiger partial charge in [-0.15, -0.1) is 0 Å². The lowest BCUT2D eigenvalue weighted by Gasteiger charge is -2.11. The minimum absolute atomic E-state index is 0.0500. The van der Waals surface area contributed by atoms with Crippen LogP contribution in [0, 0.1) is 0 Å². The predicted molar refractivity (Wildman–Crippen MR) is 57.5 cm³/mol. The van der Waals surface area contributed by atoms with Gasteiger partial charge in [0.1, 0.15) is 0 Å². The number of carbonyl (C=O) groups is 1. The van der Waals surface area contributed by atoms with E-state index < -0.39 is 22.2 Å². The van der Waals surface area contributed by atoms with Crippen molar-refractivity contribution in [1.82, 2.24) is 0 Å². The van der Waals surface area contributed by atoms with Gasteiger partial charge in [-0.2, -0.15) is 8.42 Å². The topological polar surface area (TPSA) is 78.9 Å². The Bertz CT molecular complexity index is 297. The molecule has 0 radical (unpaired) electrons. The van der Waals surface area contributed by atoms with Crippen LogP contribution in [0.25, 0.3) is 0 Å². The van der Waals surface area contributed by atoms with Crippen molar-refractivity contribution < 1.29 is 26.9 Å². The highest BCUT2D eigenvalue weighted by Crippen LogP contribution is 1.97. The average molecular weight is 254 g/mol. The van der Waals surface area contributed by atoms with Gasteiger partial charge in [0.15, 0.2) is 6.10 Å². The van der Waals surface area contributed by atoms with E-state index in [1.807, 2.05) is 0 Å². The molecule has 0 fully saturated rings. The standard InChI is InChI=1S/C9H18O6S/c1-4-13-9(10)8(2)14-6-5-7-15-16(3,11)12/h8H,4-7H2,1-3H3/t8-/m0/s1. The van der Waals surface area contributed by atoms with Crippen LogP contribution in [0.4, 0.5) is 0 Å². The molecule has 0 aliphatic carbocycles. The summed E-state index contributed by atoms with van der Waals surface area (Å²) in [5, 5.41) is 0. The van der Waals surface area contributed by atoms with Crippen molar-refractivity contribution >= 4 is 16.1 Å². The monoisotopic (exact) mass is 254 g/mol. The second-order valence-corrected chi connectivity index (χ2v) is 4.79. The number of hydrogen-bond acceptors (Lipinski definition) is 6. The van der Waals surface area contributed by atoms with Crippen LogP contribution >= 0.6 is 0 Å². The number of rotatable bonds is 8. The van der Waals surface area contributed by atoms with Crippen LogP contribution in [0.15, 0.2) is 0 Å². The summed E-state index contributed by atoms with van der Waals surface area (Å²) in [5.41, 5.74) is 0. The Morgan fingerprint density at radius 1 is 1.31 bits per heavy atom. The molecular formula is C9H18O6S. The molecule has 0 saturated heterocycles. The molecule has 0 unspecified atom stereocenters. The summed E-state index contributed by atoms with van der Waals surface area (Å²) in [7, 11) is -3.40. The zero-order chi connectivity index (χ0) is 12.6. The fourth-order valence-electron chi connectivity index (χ4n) is 0.857. The summed E-state index contributed by atoms with van der Waals surface area (Å²) >= 11 is 0. The first-order valence-electron chi connectivity index (χ1n) is 4.99. The van der Waals surface area contributed by atoms with E-state index in [1.165, 1.54) is 0 Å². The third-order valence-corrected chi connectivity index (χ3v) is 2.17. The Morgan fingerprint density at radius 3 is 2.44 bits per heavy atom. The van der Waals surface area contributed by atoms with Crippen molar-refractivity contribution in [3.8, 4) is 0 Å². The molecule has 0 N–H and O–H groups in total. The number of hydrogen-bond donors (Lipinski definition) is 0. The van der Waals surface area contributed by atoms with Crippen molar-refractivity contribution in [2.75, 3.05) is 26.1 Å². The maximum atomic E-state index is 11.1. The summed E-state index contributed by atoms with van der Waals surface area (Å²) in [6.45, 7) is 3.90. The van der Waals surface area contributed by atoms with Crippen molar-refractivity contribution in [3.05, 3.63) is 0 Å². The van der Waals surface area contributed by atoms with Crippen LogP contribution in [0.1, 0.15) is 20.3 Å².